The predicted molar refractivity (Wildman–Crippen MR) is 131 cm³/mol. The number of para-hydroxylation sites is 1. The Labute approximate surface area is 204 Å². The van der Waals surface area contributed by atoms with Gasteiger partial charge in [0, 0.05) is 17.3 Å². The Morgan fingerprint density at radius 2 is 1.76 bits per heavy atom. The van der Waals surface area contributed by atoms with E-state index in [2.05, 4.69) is 5.32 Å². The van der Waals surface area contributed by atoms with Gasteiger partial charge in [0.2, 0.25) is 5.91 Å². The number of amides is 3. The molecule has 33 heavy (non-hydrogen) atoms. The number of imide groups is 1. The van der Waals surface area contributed by atoms with Crippen LogP contribution in [0, 0.1) is 13.8 Å². The van der Waals surface area contributed by atoms with Gasteiger partial charge in [-0.25, -0.2) is 0 Å². The van der Waals surface area contributed by atoms with E-state index >= 15 is 0 Å². The third-order valence-corrected chi connectivity index (χ3v) is 6.76. The van der Waals surface area contributed by atoms with Crippen molar-refractivity contribution in [2.75, 3.05) is 11.9 Å². The number of halogens is 2. The fourth-order valence-electron chi connectivity index (χ4n) is 3.37. The largest absolute Gasteiger partial charge is 0.457 e. The van der Waals surface area contributed by atoms with Crippen LogP contribution in [0.3, 0.4) is 0 Å². The number of hydrogen-bond acceptors (Lipinski definition) is 5. The molecule has 0 atom stereocenters. The highest BCUT2D eigenvalue weighted by atomic mass is 35.5. The maximum absolute atomic E-state index is 12.8. The summed E-state index contributed by atoms with van der Waals surface area (Å²) in [7, 11) is 0. The van der Waals surface area contributed by atoms with Crippen molar-refractivity contribution in [3.63, 3.8) is 0 Å². The first kappa shape index (κ1) is 23.2. The van der Waals surface area contributed by atoms with Crippen LogP contribution >= 0.6 is 35.0 Å². The minimum Gasteiger partial charge on any atom is -0.457 e. The summed E-state index contributed by atoms with van der Waals surface area (Å²) in [5.41, 5.74) is 3.07. The fourth-order valence-corrected chi connectivity index (χ4v) is 4.58. The molecule has 0 bridgehead atoms. The van der Waals surface area contributed by atoms with Crippen LogP contribution in [0.2, 0.25) is 10.0 Å². The number of rotatable bonds is 5. The lowest BCUT2D eigenvalue weighted by Crippen LogP contribution is -2.36. The van der Waals surface area contributed by atoms with Crippen molar-refractivity contribution < 1.29 is 18.8 Å². The van der Waals surface area contributed by atoms with Crippen molar-refractivity contribution in [3.8, 4) is 11.3 Å². The molecule has 2 heterocycles. The molecule has 0 aliphatic carbocycles. The number of carbonyl (C=O) groups is 3. The molecule has 0 spiro atoms. The van der Waals surface area contributed by atoms with Crippen LogP contribution in [0.15, 0.2) is 57.9 Å². The fraction of sp³-hybridized carbons (Fsp3) is 0.125. The molecule has 1 aromatic heterocycles. The van der Waals surface area contributed by atoms with E-state index in [4.69, 9.17) is 27.6 Å². The lowest BCUT2D eigenvalue weighted by molar-refractivity contribution is -0.127. The highest BCUT2D eigenvalue weighted by Gasteiger charge is 2.36. The summed E-state index contributed by atoms with van der Waals surface area (Å²) in [5, 5.41) is 3.02. The molecule has 0 saturated carbocycles. The number of furan rings is 1. The van der Waals surface area contributed by atoms with Gasteiger partial charge in [-0.3, -0.25) is 19.3 Å². The SMILES string of the molecule is Cc1cccc(C)c1NC(=O)CN1C(=O)S/C(=C/c2ccc(-c3cccc(Cl)c3Cl)o2)C1=O. The monoisotopic (exact) mass is 500 g/mol. The molecule has 0 radical (unpaired) electrons. The maximum atomic E-state index is 12.8. The average Bonchev–Trinajstić information content (AvgIpc) is 3.33. The summed E-state index contributed by atoms with van der Waals surface area (Å²) >= 11 is 13.1. The van der Waals surface area contributed by atoms with E-state index in [9.17, 15) is 14.4 Å². The Hall–Kier alpha value is -3.00. The molecular weight excluding hydrogens is 483 g/mol. The molecule has 2 aromatic carbocycles. The lowest BCUT2D eigenvalue weighted by Gasteiger charge is -2.15. The van der Waals surface area contributed by atoms with Crippen LogP contribution in [-0.2, 0) is 9.59 Å². The van der Waals surface area contributed by atoms with Gasteiger partial charge in [0.1, 0.15) is 18.1 Å². The van der Waals surface area contributed by atoms with E-state index in [0.29, 0.717) is 32.8 Å². The Balaban J connectivity index is 1.49. The highest BCUT2D eigenvalue weighted by Crippen LogP contribution is 2.36. The molecule has 6 nitrogen and oxygen atoms in total. The molecule has 168 valence electrons. The van der Waals surface area contributed by atoms with Crippen molar-refractivity contribution in [2.24, 2.45) is 0 Å². The molecule has 1 aliphatic rings. The first-order valence-electron chi connectivity index (χ1n) is 9.90. The molecule has 9 heteroatoms. The molecule has 1 fully saturated rings. The van der Waals surface area contributed by atoms with Crippen LogP contribution in [0.4, 0.5) is 10.5 Å². The normalized spacial score (nSPS) is 14.9. The number of anilines is 1. The van der Waals surface area contributed by atoms with Gasteiger partial charge in [0.25, 0.3) is 11.1 Å². The Bertz CT molecular complexity index is 1300. The van der Waals surface area contributed by atoms with Crippen LogP contribution in [-0.4, -0.2) is 28.5 Å². The molecule has 4 rings (SSSR count). The second kappa shape index (κ2) is 9.47. The van der Waals surface area contributed by atoms with Crippen molar-refractivity contribution in [2.45, 2.75) is 13.8 Å². The van der Waals surface area contributed by atoms with Crippen molar-refractivity contribution in [3.05, 3.63) is 80.4 Å². The van der Waals surface area contributed by atoms with E-state index in [-0.39, 0.29) is 11.4 Å². The molecule has 3 amide bonds. The minimum absolute atomic E-state index is 0.165. The van der Waals surface area contributed by atoms with E-state index in [0.717, 1.165) is 27.8 Å². The topological polar surface area (TPSA) is 79.6 Å². The van der Waals surface area contributed by atoms with Gasteiger partial charge in [0.05, 0.1) is 15.0 Å². The van der Waals surface area contributed by atoms with Crippen LogP contribution < -0.4 is 5.32 Å². The summed E-state index contributed by atoms with van der Waals surface area (Å²) in [5.74, 6) is -0.167. The first-order valence-corrected chi connectivity index (χ1v) is 11.5. The number of thioether (sulfide) groups is 1. The quantitative estimate of drug-likeness (QED) is 0.402. The zero-order chi connectivity index (χ0) is 23.7. The van der Waals surface area contributed by atoms with Gasteiger partial charge < -0.3 is 9.73 Å². The molecule has 1 aliphatic heterocycles. The second-order valence-electron chi connectivity index (χ2n) is 7.39. The summed E-state index contributed by atoms with van der Waals surface area (Å²) in [4.78, 5) is 38.8. The number of carbonyl (C=O) groups excluding carboxylic acids is 3. The number of hydrogen-bond donors (Lipinski definition) is 1. The predicted octanol–water partition coefficient (Wildman–Crippen LogP) is 6.55. The van der Waals surface area contributed by atoms with E-state index in [1.54, 1.807) is 30.3 Å². The van der Waals surface area contributed by atoms with E-state index < -0.39 is 17.1 Å². The summed E-state index contributed by atoms with van der Waals surface area (Å²) in [6.07, 6.45) is 1.47. The smallest absolute Gasteiger partial charge is 0.294 e. The maximum Gasteiger partial charge on any atom is 0.294 e. The van der Waals surface area contributed by atoms with Gasteiger partial charge in [-0.05, 0) is 61.0 Å². The standard InChI is InChI=1S/C24H18Cl2N2O4S/c1-13-5-3-6-14(2)22(13)27-20(29)12-28-23(30)19(33-24(28)31)11-15-9-10-18(32-15)16-7-4-8-17(25)21(16)26/h3-11H,12H2,1-2H3,(H,27,29)/b19-11+. The molecule has 1 saturated heterocycles. The summed E-state index contributed by atoms with van der Waals surface area (Å²) in [6, 6.07) is 14.2. The van der Waals surface area contributed by atoms with Gasteiger partial charge in [0.15, 0.2) is 0 Å². The number of nitrogens with zero attached hydrogens (tertiary/aromatic N) is 1. The van der Waals surface area contributed by atoms with Crippen LogP contribution in [0.5, 0.6) is 0 Å². The van der Waals surface area contributed by atoms with E-state index in [1.807, 2.05) is 32.0 Å². The highest BCUT2D eigenvalue weighted by molar-refractivity contribution is 8.18. The number of benzene rings is 2. The Morgan fingerprint density at radius 3 is 2.48 bits per heavy atom. The van der Waals surface area contributed by atoms with Gasteiger partial charge >= 0.3 is 0 Å². The minimum atomic E-state index is -0.555. The van der Waals surface area contributed by atoms with Crippen molar-refractivity contribution >= 4 is 63.8 Å². The van der Waals surface area contributed by atoms with Gasteiger partial charge in [-0.2, -0.15) is 0 Å². The zero-order valence-electron chi connectivity index (χ0n) is 17.6. The molecule has 0 unspecified atom stereocenters. The third-order valence-electron chi connectivity index (χ3n) is 5.04. The first-order chi connectivity index (χ1) is 15.7. The van der Waals surface area contributed by atoms with Crippen molar-refractivity contribution in [1.29, 1.82) is 0 Å². The van der Waals surface area contributed by atoms with E-state index in [1.165, 1.54) is 6.08 Å². The molecular formula is C24H18Cl2N2O4S. The van der Waals surface area contributed by atoms with Crippen LogP contribution in [0.25, 0.3) is 17.4 Å². The molecule has 1 N–H and O–H groups in total. The molecule has 3 aromatic rings. The number of aryl methyl sites for hydroxylation is 2. The van der Waals surface area contributed by atoms with Crippen molar-refractivity contribution in [1.82, 2.24) is 4.90 Å². The zero-order valence-corrected chi connectivity index (χ0v) is 20.0. The lowest BCUT2D eigenvalue weighted by atomic mass is 10.1. The van der Waals surface area contributed by atoms with Gasteiger partial charge in [-0.15, -0.1) is 0 Å². The van der Waals surface area contributed by atoms with Gasteiger partial charge in [-0.1, -0.05) is 47.5 Å². The third kappa shape index (κ3) is 4.85. The summed E-state index contributed by atoms with van der Waals surface area (Å²) < 4.78 is 5.78. The summed E-state index contributed by atoms with van der Waals surface area (Å²) in [6.45, 7) is 3.37. The van der Waals surface area contributed by atoms with Crippen LogP contribution in [0.1, 0.15) is 16.9 Å². The number of nitrogens with one attached hydrogen (secondary N) is 1. The Kier molecular flexibility index (Phi) is 6.65. The average molecular weight is 501 g/mol. The Morgan fingerprint density at radius 1 is 1.06 bits per heavy atom. The second-order valence-corrected chi connectivity index (χ2v) is 9.16.